The second-order valence-electron chi connectivity index (χ2n) is 6.67. The largest absolute Gasteiger partial charge is 0.276 e. The molecule has 5 nitrogen and oxygen atoms in total. The summed E-state index contributed by atoms with van der Waals surface area (Å²) in [6.45, 7) is 7.33. The normalized spacial score (nSPS) is 11.6. The molecular formula is C20H22FN3O2S. The zero-order chi connectivity index (χ0) is 19.8. The van der Waals surface area contributed by atoms with Gasteiger partial charge in [0.1, 0.15) is 5.82 Å². The Balaban J connectivity index is 1.95. The summed E-state index contributed by atoms with van der Waals surface area (Å²) in [5, 5.41) is 4.39. The van der Waals surface area contributed by atoms with Crippen LogP contribution in [-0.2, 0) is 16.6 Å². The summed E-state index contributed by atoms with van der Waals surface area (Å²) in [5.41, 5.74) is 3.62. The third-order valence-corrected chi connectivity index (χ3v) is 6.02. The van der Waals surface area contributed by atoms with E-state index in [0.717, 1.165) is 5.56 Å². The van der Waals surface area contributed by atoms with Gasteiger partial charge in [-0.25, -0.2) is 12.8 Å². The van der Waals surface area contributed by atoms with E-state index in [4.69, 9.17) is 0 Å². The lowest BCUT2D eigenvalue weighted by molar-refractivity contribution is 0.579. The van der Waals surface area contributed by atoms with Gasteiger partial charge in [0.2, 0.25) is 0 Å². The van der Waals surface area contributed by atoms with Crippen LogP contribution >= 0.6 is 0 Å². The van der Waals surface area contributed by atoms with Crippen molar-refractivity contribution in [2.24, 2.45) is 0 Å². The smallest absolute Gasteiger partial charge is 0.262 e. The van der Waals surface area contributed by atoms with Crippen LogP contribution < -0.4 is 4.72 Å². The summed E-state index contributed by atoms with van der Waals surface area (Å²) in [6, 6.07) is 11.8. The molecule has 1 heterocycles. The number of sulfonamides is 1. The molecule has 0 amide bonds. The van der Waals surface area contributed by atoms with Crippen LogP contribution in [0.3, 0.4) is 0 Å². The molecule has 27 heavy (non-hydrogen) atoms. The summed E-state index contributed by atoms with van der Waals surface area (Å²) >= 11 is 0. The fourth-order valence-corrected chi connectivity index (χ4v) is 4.48. The quantitative estimate of drug-likeness (QED) is 0.717. The van der Waals surface area contributed by atoms with E-state index in [0.29, 0.717) is 28.2 Å². The van der Waals surface area contributed by atoms with Crippen LogP contribution in [0.1, 0.15) is 28.1 Å². The van der Waals surface area contributed by atoms with Gasteiger partial charge in [-0.2, -0.15) is 5.10 Å². The van der Waals surface area contributed by atoms with Crippen molar-refractivity contribution in [3.8, 4) is 0 Å². The summed E-state index contributed by atoms with van der Waals surface area (Å²) in [4.78, 5) is 0.239. The topological polar surface area (TPSA) is 64.0 Å². The Labute approximate surface area is 158 Å². The number of benzene rings is 2. The SMILES string of the molecule is Cc1ccc(C)c(S(=O)(=O)Nc2c(C)nn(Cc3ccccc3F)c2C)c1. The minimum absolute atomic E-state index is 0.227. The van der Waals surface area contributed by atoms with Gasteiger partial charge in [0.25, 0.3) is 10.0 Å². The van der Waals surface area contributed by atoms with Crippen LogP contribution in [0.15, 0.2) is 47.4 Å². The zero-order valence-electron chi connectivity index (χ0n) is 15.7. The minimum Gasteiger partial charge on any atom is -0.276 e. The highest BCUT2D eigenvalue weighted by molar-refractivity contribution is 7.92. The lowest BCUT2D eigenvalue weighted by Crippen LogP contribution is -2.15. The van der Waals surface area contributed by atoms with Gasteiger partial charge in [-0.3, -0.25) is 9.40 Å². The molecular weight excluding hydrogens is 365 g/mol. The van der Waals surface area contributed by atoms with Gasteiger partial charge in [0, 0.05) is 5.56 Å². The Morgan fingerprint density at radius 2 is 1.78 bits per heavy atom. The Morgan fingerprint density at radius 1 is 1.07 bits per heavy atom. The maximum atomic E-state index is 13.9. The van der Waals surface area contributed by atoms with Gasteiger partial charge < -0.3 is 0 Å². The highest BCUT2D eigenvalue weighted by atomic mass is 32.2. The third kappa shape index (κ3) is 3.88. The van der Waals surface area contributed by atoms with Crippen molar-refractivity contribution in [1.29, 1.82) is 0 Å². The van der Waals surface area contributed by atoms with Gasteiger partial charge in [0.15, 0.2) is 0 Å². The third-order valence-electron chi connectivity index (χ3n) is 4.53. The van der Waals surface area contributed by atoms with Crippen molar-refractivity contribution < 1.29 is 12.8 Å². The fourth-order valence-electron chi connectivity index (χ4n) is 2.97. The molecule has 0 atom stereocenters. The minimum atomic E-state index is -3.76. The van der Waals surface area contributed by atoms with Crippen LogP contribution in [0.4, 0.5) is 10.1 Å². The average Bonchev–Trinajstić information content (AvgIpc) is 2.86. The first-order valence-corrected chi connectivity index (χ1v) is 10.0. The lowest BCUT2D eigenvalue weighted by Gasteiger charge is -2.12. The van der Waals surface area contributed by atoms with E-state index in [1.165, 1.54) is 6.07 Å². The van der Waals surface area contributed by atoms with E-state index in [9.17, 15) is 12.8 Å². The van der Waals surface area contributed by atoms with Crippen LogP contribution in [0.2, 0.25) is 0 Å². The van der Waals surface area contributed by atoms with Crippen molar-refractivity contribution in [2.75, 3.05) is 4.72 Å². The molecule has 3 aromatic rings. The monoisotopic (exact) mass is 387 g/mol. The standard InChI is InChI=1S/C20H22FN3O2S/c1-13-9-10-14(2)19(11-13)27(25,26)23-20-15(3)22-24(16(20)4)12-17-7-5-6-8-18(17)21/h5-11,23H,12H2,1-4H3. The number of rotatable bonds is 5. The zero-order valence-corrected chi connectivity index (χ0v) is 16.6. The first kappa shape index (κ1) is 19.1. The number of nitrogens with zero attached hydrogens (tertiary/aromatic N) is 2. The van der Waals surface area contributed by atoms with Crippen molar-refractivity contribution in [1.82, 2.24) is 9.78 Å². The molecule has 0 aliphatic heterocycles. The molecule has 0 bridgehead atoms. The number of aryl methyl sites for hydroxylation is 3. The number of aromatic nitrogens is 2. The molecule has 0 saturated heterocycles. The fraction of sp³-hybridized carbons (Fsp3) is 0.250. The lowest BCUT2D eigenvalue weighted by atomic mass is 10.2. The van der Waals surface area contributed by atoms with Crippen molar-refractivity contribution in [3.05, 3.63) is 76.4 Å². The van der Waals surface area contributed by atoms with Crippen LogP contribution in [0.5, 0.6) is 0 Å². The molecule has 0 fully saturated rings. The number of halogens is 1. The van der Waals surface area contributed by atoms with E-state index in [1.807, 2.05) is 13.0 Å². The van der Waals surface area contributed by atoms with Crippen molar-refractivity contribution >= 4 is 15.7 Å². The molecule has 0 saturated carbocycles. The van der Waals surface area contributed by atoms with Gasteiger partial charge in [0.05, 0.1) is 28.5 Å². The Bertz CT molecular complexity index is 1100. The molecule has 0 radical (unpaired) electrons. The summed E-state index contributed by atoms with van der Waals surface area (Å²) in [6.07, 6.45) is 0. The van der Waals surface area contributed by atoms with E-state index >= 15 is 0 Å². The van der Waals surface area contributed by atoms with E-state index < -0.39 is 10.0 Å². The highest BCUT2D eigenvalue weighted by Crippen LogP contribution is 2.26. The molecule has 7 heteroatoms. The first-order valence-electron chi connectivity index (χ1n) is 8.56. The average molecular weight is 387 g/mol. The van der Waals surface area contributed by atoms with Gasteiger partial charge in [-0.15, -0.1) is 0 Å². The molecule has 0 unspecified atom stereocenters. The highest BCUT2D eigenvalue weighted by Gasteiger charge is 2.22. The van der Waals surface area contributed by atoms with Gasteiger partial charge in [-0.05, 0) is 51.0 Å². The van der Waals surface area contributed by atoms with E-state index in [-0.39, 0.29) is 17.3 Å². The first-order chi connectivity index (χ1) is 12.7. The van der Waals surface area contributed by atoms with Crippen LogP contribution in [0.25, 0.3) is 0 Å². The van der Waals surface area contributed by atoms with E-state index in [1.54, 1.807) is 55.8 Å². The molecule has 0 aliphatic carbocycles. The number of nitrogens with one attached hydrogen (secondary N) is 1. The van der Waals surface area contributed by atoms with Crippen molar-refractivity contribution in [3.63, 3.8) is 0 Å². The molecule has 142 valence electrons. The van der Waals surface area contributed by atoms with Gasteiger partial charge in [-0.1, -0.05) is 30.3 Å². The summed E-state index contributed by atoms with van der Waals surface area (Å²) < 4.78 is 44.0. The molecule has 0 spiro atoms. The Hall–Kier alpha value is -2.67. The van der Waals surface area contributed by atoms with Crippen LogP contribution in [-0.4, -0.2) is 18.2 Å². The predicted molar refractivity (Wildman–Crippen MR) is 104 cm³/mol. The number of hydrogen-bond acceptors (Lipinski definition) is 3. The molecule has 0 aliphatic rings. The molecule has 1 aromatic heterocycles. The molecule has 1 N–H and O–H groups in total. The predicted octanol–water partition coefficient (Wildman–Crippen LogP) is 4.10. The summed E-state index contributed by atoms with van der Waals surface area (Å²) in [7, 11) is -3.76. The summed E-state index contributed by atoms with van der Waals surface area (Å²) in [5.74, 6) is -0.317. The second kappa shape index (κ2) is 7.15. The maximum Gasteiger partial charge on any atom is 0.262 e. The number of hydrogen-bond donors (Lipinski definition) is 1. The van der Waals surface area contributed by atoms with Gasteiger partial charge >= 0.3 is 0 Å². The molecule has 2 aromatic carbocycles. The Kier molecular flexibility index (Phi) is 5.06. The number of anilines is 1. The Morgan fingerprint density at radius 3 is 2.48 bits per heavy atom. The van der Waals surface area contributed by atoms with Crippen molar-refractivity contribution in [2.45, 2.75) is 39.1 Å². The second-order valence-corrected chi connectivity index (χ2v) is 8.32. The molecule has 3 rings (SSSR count). The van der Waals surface area contributed by atoms with E-state index in [2.05, 4.69) is 9.82 Å². The maximum absolute atomic E-state index is 13.9. The van der Waals surface area contributed by atoms with Crippen LogP contribution in [0, 0.1) is 33.5 Å².